The molecule has 1 aromatic heterocycles. The first-order valence-electron chi connectivity index (χ1n) is 6.74. The molecule has 1 saturated heterocycles. The maximum absolute atomic E-state index is 12.1. The highest BCUT2D eigenvalue weighted by molar-refractivity contribution is 5.77. The highest BCUT2D eigenvalue weighted by atomic mass is 16.2. The predicted molar refractivity (Wildman–Crippen MR) is 69.9 cm³/mol. The summed E-state index contributed by atoms with van der Waals surface area (Å²) in [6.07, 6.45) is 6.24. The van der Waals surface area contributed by atoms with Gasteiger partial charge in [0, 0.05) is 37.3 Å². The lowest BCUT2D eigenvalue weighted by Crippen LogP contribution is -2.41. The highest BCUT2D eigenvalue weighted by Crippen LogP contribution is 2.29. The normalized spacial score (nSPS) is 25.3. The van der Waals surface area contributed by atoms with Crippen molar-refractivity contribution in [3.8, 4) is 0 Å². The Labute approximate surface area is 108 Å². The van der Waals surface area contributed by atoms with Gasteiger partial charge in [-0.05, 0) is 26.7 Å². The van der Waals surface area contributed by atoms with Crippen LogP contribution in [0.5, 0.6) is 0 Å². The third kappa shape index (κ3) is 2.41. The molecule has 0 aliphatic carbocycles. The fraction of sp³-hybridized carbons (Fsp3) is 0.692. The van der Waals surface area contributed by atoms with Crippen molar-refractivity contribution in [2.45, 2.75) is 51.7 Å². The number of hydrogen-bond acceptors (Lipinski definition) is 3. The molecule has 1 aliphatic heterocycles. The van der Waals surface area contributed by atoms with Gasteiger partial charge in [0.2, 0.25) is 5.91 Å². The van der Waals surface area contributed by atoms with Crippen LogP contribution in [0.4, 0.5) is 0 Å². The molecule has 2 unspecified atom stereocenters. The molecule has 1 fully saturated rings. The maximum atomic E-state index is 12.1. The monoisotopic (exact) mass is 250 g/mol. The number of carbonyl (C=O) groups excluding carboxylic acids is 1. The molecular formula is C13H22N4O. The van der Waals surface area contributed by atoms with E-state index in [9.17, 15) is 4.79 Å². The van der Waals surface area contributed by atoms with Crippen molar-refractivity contribution in [3.63, 3.8) is 0 Å². The average Bonchev–Trinajstić information content (AvgIpc) is 2.78. The Morgan fingerprint density at radius 2 is 2.22 bits per heavy atom. The van der Waals surface area contributed by atoms with Crippen molar-refractivity contribution in [1.29, 1.82) is 0 Å². The number of likely N-dealkylation sites (tertiary alicyclic amines) is 1. The minimum Gasteiger partial charge on any atom is -0.334 e. The molecule has 18 heavy (non-hydrogen) atoms. The molecule has 5 nitrogen and oxygen atoms in total. The van der Waals surface area contributed by atoms with E-state index >= 15 is 0 Å². The van der Waals surface area contributed by atoms with Crippen molar-refractivity contribution >= 4 is 5.91 Å². The Bertz CT molecular complexity index is 415. The molecule has 2 rings (SSSR count). The zero-order valence-electron chi connectivity index (χ0n) is 11.2. The molecule has 0 saturated carbocycles. The molecule has 5 heteroatoms. The summed E-state index contributed by atoms with van der Waals surface area (Å²) in [5, 5.41) is 4.29. The van der Waals surface area contributed by atoms with Gasteiger partial charge in [-0.2, -0.15) is 5.10 Å². The number of likely N-dealkylation sites (N-methyl/N-ethyl adjacent to an activating group) is 1. The topological polar surface area (TPSA) is 64.2 Å². The Morgan fingerprint density at radius 1 is 1.44 bits per heavy atom. The van der Waals surface area contributed by atoms with Gasteiger partial charge in [-0.25, -0.2) is 0 Å². The molecule has 2 heterocycles. The van der Waals surface area contributed by atoms with Crippen LogP contribution in [0.25, 0.3) is 0 Å². The van der Waals surface area contributed by atoms with E-state index in [1.165, 1.54) is 0 Å². The number of amides is 1. The molecule has 1 amide bonds. The van der Waals surface area contributed by atoms with E-state index in [-0.39, 0.29) is 18.0 Å². The van der Waals surface area contributed by atoms with Gasteiger partial charge in [-0.15, -0.1) is 0 Å². The first kappa shape index (κ1) is 13.1. The van der Waals surface area contributed by atoms with Crippen LogP contribution in [0.15, 0.2) is 12.4 Å². The van der Waals surface area contributed by atoms with Gasteiger partial charge in [-0.3, -0.25) is 9.48 Å². The summed E-state index contributed by atoms with van der Waals surface area (Å²) < 4.78 is 1.88. The van der Waals surface area contributed by atoms with E-state index in [2.05, 4.69) is 5.10 Å². The standard InChI is InChI=1S/C13H22N4O/c1-3-16-9-10(8-15-16)13-11(14)6-5-7-12(18)17(13)4-2/h8-9,11,13H,3-7,14H2,1-2H3. The molecule has 0 spiro atoms. The lowest BCUT2D eigenvalue weighted by Gasteiger charge is -2.32. The molecular weight excluding hydrogens is 228 g/mol. The van der Waals surface area contributed by atoms with Crippen LogP contribution in [0.2, 0.25) is 0 Å². The van der Waals surface area contributed by atoms with Gasteiger partial charge in [0.25, 0.3) is 0 Å². The van der Waals surface area contributed by atoms with E-state index in [0.29, 0.717) is 13.0 Å². The van der Waals surface area contributed by atoms with Crippen molar-refractivity contribution in [2.75, 3.05) is 6.54 Å². The maximum Gasteiger partial charge on any atom is 0.223 e. The van der Waals surface area contributed by atoms with Crippen molar-refractivity contribution in [2.24, 2.45) is 5.73 Å². The fourth-order valence-corrected chi connectivity index (χ4v) is 2.68. The Balaban J connectivity index is 2.32. The van der Waals surface area contributed by atoms with E-state index in [1.807, 2.05) is 35.8 Å². The molecule has 2 atom stereocenters. The summed E-state index contributed by atoms with van der Waals surface area (Å²) in [5.74, 6) is 0.208. The highest BCUT2D eigenvalue weighted by Gasteiger charge is 2.32. The number of hydrogen-bond donors (Lipinski definition) is 1. The van der Waals surface area contributed by atoms with E-state index in [1.54, 1.807) is 0 Å². The third-order valence-electron chi connectivity index (χ3n) is 3.65. The van der Waals surface area contributed by atoms with Crippen LogP contribution in [-0.2, 0) is 11.3 Å². The first-order valence-corrected chi connectivity index (χ1v) is 6.74. The summed E-state index contributed by atoms with van der Waals surface area (Å²) in [4.78, 5) is 14.0. The Kier molecular flexibility index (Phi) is 4.01. The second-order valence-corrected chi connectivity index (χ2v) is 4.81. The van der Waals surface area contributed by atoms with Crippen molar-refractivity contribution in [1.82, 2.24) is 14.7 Å². The van der Waals surface area contributed by atoms with Crippen LogP contribution in [0.1, 0.15) is 44.7 Å². The summed E-state index contributed by atoms with van der Waals surface area (Å²) >= 11 is 0. The second kappa shape index (κ2) is 5.52. The zero-order chi connectivity index (χ0) is 13.1. The predicted octanol–water partition coefficient (Wildman–Crippen LogP) is 1.30. The molecule has 2 N–H and O–H groups in total. The molecule has 0 bridgehead atoms. The summed E-state index contributed by atoms with van der Waals surface area (Å²) in [6.45, 7) is 5.59. The van der Waals surface area contributed by atoms with Gasteiger partial charge in [-0.1, -0.05) is 0 Å². The minimum atomic E-state index is -0.0229. The Hall–Kier alpha value is -1.36. The van der Waals surface area contributed by atoms with Gasteiger partial charge in [0.05, 0.1) is 12.2 Å². The molecule has 100 valence electrons. The molecule has 1 aliphatic rings. The second-order valence-electron chi connectivity index (χ2n) is 4.81. The first-order chi connectivity index (χ1) is 8.67. The van der Waals surface area contributed by atoms with Crippen LogP contribution in [0.3, 0.4) is 0 Å². The van der Waals surface area contributed by atoms with Crippen LogP contribution in [0, 0.1) is 0 Å². The summed E-state index contributed by atoms with van der Waals surface area (Å²) in [5.41, 5.74) is 7.32. The quantitative estimate of drug-likeness (QED) is 0.879. The van der Waals surface area contributed by atoms with E-state index in [4.69, 9.17) is 5.73 Å². The van der Waals surface area contributed by atoms with Crippen molar-refractivity contribution in [3.05, 3.63) is 18.0 Å². The number of aromatic nitrogens is 2. The van der Waals surface area contributed by atoms with Gasteiger partial charge in [0.15, 0.2) is 0 Å². The van der Waals surface area contributed by atoms with Crippen molar-refractivity contribution < 1.29 is 4.79 Å². The minimum absolute atomic E-state index is 0.00547. The fourth-order valence-electron chi connectivity index (χ4n) is 2.68. The smallest absolute Gasteiger partial charge is 0.223 e. The SMILES string of the molecule is CCN1C(=O)CCCC(N)C1c1cnn(CC)c1. The summed E-state index contributed by atoms with van der Waals surface area (Å²) in [7, 11) is 0. The number of aryl methyl sites for hydroxylation is 1. The molecule has 0 radical (unpaired) electrons. The van der Waals surface area contributed by atoms with Crippen LogP contribution >= 0.6 is 0 Å². The lowest BCUT2D eigenvalue weighted by atomic mass is 9.99. The summed E-state index contributed by atoms with van der Waals surface area (Å²) in [6, 6.07) is -0.0174. The Morgan fingerprint density at radius 3 is 2.83 bits per heavy atom. The largest absolute Gasteiger partial charge is 0.334 e. The van der Waals surface area contributed by atoms with Crippen LogP contribution < -0.4 is 5.73 Å². The van der Waals surface area contributed by atoms with E-state index < -0.39 is 0 Å². The zero-order valence-corrected chi connectivity index (χ0v) is 11.2. The van der Waals surface area contributed by atoms with Gasteiger partial charge < -0.3 is 10.6 Å². The van der Waals surface area contributed by atoms with Gasteiger partial charge >= 0.3 is 0 Å². The van der Waals surface area contributed by atoms with Crippen LogP contribution in [-0.4, -0.2) is 33.2 Å². The lowest BCUT2D eigenvalue weighted by molar-refractivity contribution is -0.133. The number of nitrogens with zero attached hydrogens (tertiary/aromatic N) is 3. The number of carbonyl (C=O) groups is 1. The van der Waals surface area contributed by atoms with E-state index in [0.717, 1.165) is 24.9 Å². The third-order valence-corrected chi connectivity index (χ3v) is 3.65. The average molecular weight is 250 g/mol. The van der Waals surface area contributed by atoms with Gasteiger partial charge in [0.1, 0.15) is 0 Å². The number of nitrogens with two attached hydrogens (primary N) is 1. The number of rotatable bonds is 3. The molecule has 0 aromatic carbocycles. The molecule has 1 aromatic rings.